The van der Waals surface area contributed by atoms with Gasteiger partial charge in [0.05, 0.1) is 5.01 Å². The summed E-state index contributed by atoms with van der Waals surface area (Å²) in [6.45, 7) is 2.33. The first-order chi connectivity index (χ1) is 11.5. The molecule has 1 aliphatic rings. The van der Waals surface area contributed by atoms with Gasteiger partial charge in [-0.15, -0.1) is 11.3 Å². The number of likely N-dealkylation sites (tertiary alicyclic amines) is 1. The van der Waals surface area contributed by atoms with E-state index in [-0.39, 0.29) is 24.4 Å². The number of hydrogen-bond donors (Lipinski definition) is 1. The fourth-order valence-electron chi connectivity index (χ4n) is 3.03. The number of amides is 2. The molecule has 1 aliphatic heterocycles. The summed E-state index contributed by atoms with van der Waals surface area (Å²) < 4.78 is 0. The van der Waals surface area contributed by atoms with E-state index in [0.29, 0.717) is 32.4 Å². The van der Waals surface area contributed by atoms with Crippen molar-refractivity contribution in [2.24, 2.45) is 0 Å². The molecule has 2 heterocycles. The van der Waals surface area contributed by atoms with Crippen molar-refractivity contribution < 1.29 is 19.5 Å². The fraction of sp³-hybridized carbons (Fsp3) is 0.625. The molecule has 0 aliphatic carbocycles. The molecular formula is C16H23N3O4S. The van der Waals surface area contributed by atoms with Crippen LogP contribution in [-0.2, 0) is 20.8 Å². The van der Waals surface area contributed by atoms with Gasteiger partial charge in [-0.3, -0.25) is 14.4 Å². The molecule has 132 valence electrons. The van der Waals surface area contributed by atoms with Gasteiger partial charge in [0.25, 0.3) is 0 Å². The number of aromatic nitrogens is 1. The summed E-state index contributed by atoms with van der Waals surface area (Å²) in [5, 5.41) is 11.8. The number of carboxylic acids is 1. The van der Waals surface area contributed by atoms with E-state index < -0.39 is 5.97 Å². The van der Waals surface area contributed by atoms with Crippen LogP contribution in [0.25, 0.3) is 0 Å². The van der Waals surface area contributed by atoms with Crippen molar-refractivity contribution in [3.8, 4) is 0 Å². The van der Waals surface area contributed by atoms with Crippen LogP contribution < -0.4 is 0 Å². The van der Waals surface area contributed by atoms with Crippen LogP contribution >= 0.6 is 11.3 Å². The van der Waals surface area contributed by atoms with E-state index in [0.717, 1.165) is 17.8 Å². The summed E-state index contributed by atoms with van der Waals surface area (Å²) in [7, 11) is 0. The summed E-state index contributed by atoms with van der Waals surface area (Å²) >= 11 is 1.55. The van der Waals surface area contributed by atoms with Crippen LogP contribution in [0.2, 0.25) is 0 Å². The Hall–Kier alpha value is -1.96. The Kier molecular flexibility index (Phi) is 6.72. The molecule has 2 amide bonds. The number of aliphatic carboxylic acids is 1. The number of carbonyl (C=O) groups is 3. The number of carbonyl (C=O) groups excluding carboxylic acids is 2. The van der Waals surface area contributed by atoms with E-state index in [1.54, 1.807) is 17.5 Å². The fourth-order valence-corrected chi connectivity index (χ4v) is 3.65. The maximum Gasteiger partial charge on any atom is 0.323 e. The SMILES string of the molecule is CC(=O)N(CC(=O)O)C1CCCN(C(=O)CCc2nccs2)CC1. The minimum atomic E-state index is -1.01. The Morgan fingerprint density at radius 1 is 1.38 bits per heavy atom. The zero-order chi connectivity index (χ0) is 17.5. The van der Waals surface area contributed by atoms with Crippen LogP contribution in [0.4, 0.5) is 0 Å². The lowest BCUT2D eigenvalue weighted by Crippen LogP contribution is -2.43. The number of thiazole rings is 1. The highest BCUT2D eigenvalue weighted by Crippen LogP contribution is 2.18. The number of nitrogens with zero attached hydrogens (tertiary/aromatic N) is 3. The van der Waals surface area contributed by atoms with Gasteiger partial charge < -0.3 is 14.9 Å². The largest absolute Gasteiger partial charge is 0.480 e. The molecule has 0 aromatic carbocycles. The van der Waals surface area contributed by atoms with Crippen LogP contribution in [-0.4, -0.2) is 63.4 Å². The molecule has 0 saturated carbocycles. The number of hydrogen-bond acceptors (Lipinski definition) is 5. The van der Waals surface area contributed by atoms with E-state index >= 15 is 0 Å². The third kappa shape index (κ3) is 5.30. The van der Waals surface area contributed by atoms with Gasteiger partial charge >= 0.3 is 5.97 Å². The molecule has 8 heteroatoms. The van der Waals surface area contributed by atoms with E-state index in [1.807, 2.05) is 10.3 Å². The first-order valence-electron chi connectivity index (χ1n) is 8.12. The average Bonchev–Trinajstić information content (AvgIpc) is 2.93. The van der Waals surface area contributed by atoms with Crippen LogP contribution in [0.5, 0.6) is 0 Å². The van der Waals surface area contributed by atoms with Gasteiger partial charge in [0.1, 0.15) is 6.54 Å². The van der Waals surface area contributed by atoms with Gasteiger partial charge in [0, 0.05) is 50.5 Å². The Morgan fingerprint density at radius 2 is 2.17 bits per heavy atom. The first-order valence-corrected chi connectivity index (χ1v) is 9.00. The van der Waals surface area contributed by atoms with Crippen LogP contribution in [0.15, 0.2) is 11.6 Å². The molecule has 1 aromatic rings. The number of aryl methyl sites for hydroxylation is 1. The molecule has 2 rings (SSSR count). The predicted octanol–water partition coefficient (Wildman–Crippen LogP) is 1.39. The van der Waals surface area contributed by atoms with Crippen molar-refractivity contribution in [3.63, 3.8) is 0 Å². The Balaban J connectivity index is 1.87. The van der Waals surface area contributed by atoms with Gasteiger partial charge in [-0.2, -0.15) is 0 Å². The van der Waals surface area contributed by atoms with Crippen LogP contribution in [0, 0.1) is 0 Å². The second-order valence-corrected chi connectivity index (χ2v) is 6.91. The monoisotopic (exact) mass is 353 g/mol. The smallest absolute Gasteiger partial charge is 0.323 e. The summed E-state index contributed by atoms with van der Waals surface area (Å²) in [5.74, 6) is -1.14. The normalized spacial score (nSPS) is 18.0. The second kappa shape index (κ2) is 8.77. The highest BCUT2D eigenvalue weighted by molar-refractivity contribution is 7.09. The lowest BCUT2D eigenvalue weighted by Gasteiger charge is -2.28. The summed E-state index contributed by atoms with van der Waals surface area (Å²) in [6, 6.07) is -0.115. The van der Waals surface area contributed by atoms with Gasteiger partial charge in [-0.1, -0.05) is 0 Å². The Labute approximate surface area is 145 Å². The first kappa shape index (κ1) is 18.4. The van der Waals surface area contributed by atoms with Gasteiger partial charge in [0.15, 0.2) is 0 Å². The van der Waals surface area contributed by atoms with Gasteiger partial charge in [0.2, 0.25) is 11.8 Å². The third-order valence-corrected chi connectivity index (χ3v) is 5.08. The molecular weight excluding hydrogens is 330 g/mol. The molecule has 0 spiro atoms. The molecule has 1 fully saturated rings. The molecule has 24 heavy (non-hydrogen) atoms. The van der Waals surface area contributed by atoms with Crippen molar-refractivity contribution in [2.45, 2.75) is 45.1 Å². The van der Waals surface area contributed by atoms with Gasteiger partial charge in [-0.25, -0.2) is 4.98 Å². The summed E-state index contributed by atoms with van der Waals surface area (Å²) in [4.78, 5) is 42.4. The maximum atomic E-state index is 12.4. The summed E-state index contributed by atoms with van der Waals surface area (Å²) in [5.41, 5.74) is 0. The molecule has 1 aromatic heterocycles. The minimum Gasteiger partial charge on any atom is -0.480 e. The van der Waals surface area contributed by atoms with E-state index in [9.17, 15) is 14.4 Å². The highest BCUT2D eigenvalue weighted by Gasteiger charge is 2.27. The molecule has 7 nitrogen and oxygen atoms in total. The van der Waals surface area contributed by atoms with Gasteiger partial charge in [-0.05, 0) is 19.3 Å². The molecule has 1 atom stereocenters. The van der Waals surface area contributed by atoms with Crippen molar-refractivity contribution in [1.29, 1.82) is 0 Å². The zero-order valence-corrected chi connectivity index (χ0v) is 14.6. The zero-order valence-electron chi connectivity index (χ0n) is 13.8. The van der Waals surface area contributed by atoms with E-state index in [4.69, 9.17) is 5.11 Å². The van der Waals surface area contributed by atoms with Crippen molar-refractivity contribution >= 4 is 29.1 Å². The highest BCUT2D eigenvalue weighted by atomic mass is 32.1. The average molecular weight is 353 g/mol. The Morgan fingerprint density at radius 3 is 2.79 bits per heavy atom. The molecule has 0 bridgehead atoms. The predicted molar refractivity (Wildman–Crippen MR) is 89.7 cm³/mol. The standard InChI is InChI=1S/C16H23N3O4S/c1-12(20)19(11-16(22)23)13-3-2-8-18(9-6-13)15(21)5-4-14-17-7-10-24-14/h7,10,13H,2-6,8-9,11H2,1H3,(H,22,23). The van der Waals surface area contributed by atoms with Crippen molar-refractivity contribution in [1.82, 2.24) is 14.8 Å². The lowest BCUT2D eigenvalue weighted by atomic mass is 10.1. The molecule has 1 N–H and O–H groups in total. The van der Waals surface area contributed by atoms with E-state index in [1.165, 1.54) is 11.8 Å². The minimum absolute atomic E-state index is 0.0958. The maximum absolute atomic E-state index is 12.4. The lowest BCUT2D eigenvalue weighted by molar-refractivity contribution is -0.145. The Bertz CT molecular complexity index is 576. The van der Waals surface area contributed by atoms with Crippen molar-refractivity contribution in [2.75, 3.05) is 19.6 Å². The molecule has 1 unspecified atom stereocenters. The molecule has 1 saturated heterocycles. The van der Waals surface area contributed by atoms with Crippen LogP contribution in [0.1, 0.15) is 37.6 Å². The summed E-state index contributed by atoms with van der Waals surface area (Å²) in [6.07, 6.45) is 4.94. The molecule has 0 radical (unpaired) electrons. The van der Waals surface area contributed by atoms with E-state index in [2.05, 4.69) is 4.98 Å². The van der Waals surface area contributed by atoms with Crippen molar-refractivity contribution in [3.05, 3.63) is 16.6 Å². The number of rotatable bonds is 6. The topological polar surface area (TPSA) is 90.8 Å². The second-order valence-electron chi connectivity index (χ2n) is 5.93. The van der Waals surface area contributed by atoms with Crippen LogP contribution in [0.3, 0.4) is 0 Å². The third-order valence-electron chi connectivity index (χ3n) is 4.24. The number of carboxylic acid groups (broad SMARTS) is 1. The quantitative estimate of drug-likeness (QED) is 0.834.